The molecule has 0 amide bonds. The van der Waals surface area contributed by atoms with Gasteiger partial charge in [0.05, 0.1) is 20.0 Å². The Hall–Kier alpha value is -1.66. The average Bonchev–Trinajstić information content (AvgIpc) is 2.40. The first-order valence-corrected chi connectivity index (χ1v) is 6.66. The normalized spacial score (nSPS) is 10.3. The molecule has 0 aliphatic heterocycles. The third kappa shape index (κ3) is 3.26. The fourth-order valence-corrected chi connectivity index (χ4v) is 2.17. The highest BCUT2D eigenvalue weighted by Crippen LogP contribution is 2.28. The van der Waals surface area contributed by atoms with E-state index in [9.17, 15) is 14.5 Å². The lowest BCUT2D eigenvalue weighted by atomic mass is 10.2. The van der Waals surface area contributed by atoms with Crippen LogP contribution in [0.3, 0.4) is 0 Å². The molecular weight excluding hydrogens is 353 g/mol. The summed E-state index contributed by atoms with van der Waals surface area (Å²) in [5.41, 5.74) is 0.165. The Balaban J connectivity index is 2.22. The van der Waals surface area contributed by atoms with Gasteiger partial charge < -0.3 is 4.74 Å². The fraction of sp³-hybridized carbons (Fsp3) is 0.0769. The van der Waals surface area contributed by atoms with Gasteiger partial charge in [0.2, 0.25) is 0 Å². The summed E-state index contributed by atoms with van der Waals surface area (Å²) in [5.74, 6) is -0.0337. The molecule has 0 bridgehead atoms. The number of rotatable bonds is 4. The lowest BCUT2D eigenvalue weighted by Crippen LogP contribution is -2.01. The molecule has 0 heterocycles. The van der Waals surface area contributed by atoms with Gasteiger partial charge in [-0.05, 0) is 40.2 Å². The third-order valence-corrected chi connectivity index (χ3v) is 3.53. The van der Waals surface area contributed by atoms with E-state index in [1.54, 1.807) is 6.07 Å². The average molecular weight is 361 g/mol. The summed E-state index contributed by atoms with van der Waals surface area (Å²) in [6, 6.07) is 8.51. The summed E-state index contributed by atoms with van der Waals surface area (Å²) in [7, 11) is 0. The predicted molar refractivity (Wildman–Crippen MR) is 76.5 cm³/mol. The van der Waals surface area contributed by atoms with Gasteiger partial charge in [-0.1, -0.05) is 17.7 Å². The van der Waals surface area contributed by atoms with Crippen LogP contribution in [-0.2, 0) is 6.61 Å². The topological polar surface area (TPSA) is 52.4 Å². The van der Waals surface area contributed by atoms with Gasteiger partial charge in [0, 0.05) is 6.07 Å². The number of ether oxygens (including phenoxy) is 1. The van der Waals surface area contributed by atoms with Crippen molar-refractivity contribution in [2.75, 3.05) is 0 Å². The van der Waals surface area contributed by atoms with Gasteiger partial charge in [-0.3, -0.25) is 10.1 Å². The van der Waals surface area contributed by atoms with Crippen molar-refractivity contribution in [2.45, 2.75) is 6.61 Å². The Morgan fingerprint density at radius 2 is 2.10 bits per heavy atom. The Kier molecular flexibility index (Phi) is 4.57. The van der Waals surface area contributed by atoms with Gasteiger partial charge in [0.15, 0.2) is 0 Å². The van der Waals surface area contributed by atoms with E-state index in [0.717, 1.165) is 0 Å². The molecule has 0 saturated carbocycles. The first kappa shape index (κ1) is 14.7. The van der Waals surface area contributed by atoms with Crippen molar-refractivity contribution < 1.29 is 14.1 Å². The van der Waals surface area contributed by atoms with Crippen LogP contribution in [0.2, 0.25) is 5.02 Å². The molecule has 0 N–H and O–H groups in total. The lowest BCUT2D eigenvalue weighted by Gasteiger charge is -2.09. The number of halogens is 3. The van der Waals surface area contributed by atoms with Crippen molar-refractivity contribution >= 4 is 33.2 Å². The lowest BCUT2D eigenvalue weighted by molar-refractivity contribution is -0.385. The maximum atomic E-state index is 13.1. The van der Waals surface area contributed by atoms with Gasteiger partial charge in [-0.15, -0.1) is 0 Å². The minimum Gasteiger partial charge on any atom is -0.489 e. The zero-order valence-corrected chi connectivity index (χ0v) is 12.3. The minimum absolute atomic E-state index is 0.0753. The van der Waals surface area contributed by atoms with Gasteiger partial charge in [0.25, 0.3) is 5.69 Å². The molecule has 20 heavy (non-hydrogen) atoms. The highest BCUT2D eigenvalue weighted by molar-refractivity contribution is 9.10. The second-order valence-electron chi connectivity index (χ2n) is 3.86. The minimum atomic E-state index is -0.523. The van der Waals surface area contributed by atoms with Crippen LogP contribution in [0.5, 0.6) is 5.75 Å². The molecule has 0 aliphatic rings. The Morgan fingerprint density at radius 1 is 1.35 bits per heavy atom. The summed E-state index contributed by atoms with van der Waals surface area (Å²) in [5, 5.41) is 11.2. The molecule has 0 radical (unpaired) electrons. The number of hydrogen-bond donors (Lipinski definition) is 0. The van der Waals surface area contributed by atoms with Crippen LogP contribution in [0, 0.1) is 15.9 Å². The van der Waals surface area contributed by atoms with Crippen molar-refractivity contribution in [3.05, 3.63) is 67.4 Å². The fourth-order valence-electron chi connectivity index (χ4n) is 1.58. The summed E-state index contributed by atoms with van der Waals surface area (Å²) >= 11 is 8.98. The standard InChI is InChI=1S/C13H8BrClFNO3/c14-10-6-8(4-5-12(10)16)20-7-9-11(15)2-1-3-13(9)17(18)19/h1-6H,7H2. The molecule has 0 fully saturated rings. The van der Waals surface area contributed by atoms with Gasteiger partial charge in [-0.2, -0.15) is 0 Å². The van der Waals surface area contributed by atoms with E-state index in [-0.39, 0.29) is 27.4 Å². The zero-order chi connectivity index (χ0) is 14.7. The Morgan fingerprint density at radius 3 is 2.75 bits per heavy atom. The summed E-state index contributed by atoms with van der Waals surface area (Å²) in [4.78, 5) is 10.4. The van der Waals surface area contributed by atoms with Gasteiger partial charge in [-0.25, -0.2) is 4.39 Å². The first-order valence-electron chi connectivity index (χ1n) is 5.48. The monoisotopic (exact) mass is 359 g/mol. The number of nitro benzene ring substituents is 1. The van der Waals surface area contributed by atoms with Crippen LogP contribution in [0.4, 0.5) is 10.1 Å². The molecule has 0 atom stereocenters. The number of benzene rings is 2. The molecule has 104 valence electrons. The van der Waals surface area contributed by atoms with Crippen molar-refractivity contribution in [2.24, 2.45) is 0 Å². The highest BCUT2D eigenvalue weighted by atomic mass is 79.9. The van der Waals surface area contributed by atoms with Crippen molar-refractivity contribution in [1.82, 2.24) is 0 Å². The molecule has 0 unspecified atom stereocenters. The van der Waals surface area contributed by atoms with E-state index in [1.165, 1.54) is 30.3 Å². The summed E-state index contributed by atoms with van der Waals surface area (Å²) < 4.78 is 18.8. The van der Waals surface area contributed by atoms with Crippen LogP contribution in [0.15, 0.2) is 40.9 Å². The SMILES string of the molecule is O=[N+]([O-])c1cccc(Cl)c1COc1ccc(F)c(Br)c1. The van der Waals surface area contributed by atoms with E-state index in [4.69, 9.17) is 16.3 Å². The molecule has 0 saturated heterocycles. The molecule has 0 spiro atoms. The third-order valence-electron chi connectivity index (χ3n) is 2.57. The van der Waals surface area contributed by atoms with Crippen molar-refractivity contribution in [3.8, 4) is 5.75 Å². The zero-order valence-electron chi connectivity index (χ0n) is 9.98. The molecular formula is C13H8BrClFNO3. The smallest absolute Gasteiger partial charge is 0.277 e. The summed E-state index contributed by atoms with van der Waals surface area (Å²) in [6.07, 6.45) is 0. The Labute approximate surface area is 127 Å². The molecule has 2 rings (SSSR count). The quantitative estimate of drug-likeness (QED) is 0.585. The molecule has 7 heteroatoms. The molecule has 0 aliphatic carbocycles. The molecule has 4 nitrogen and oxygen atoms in total. The van der Waals surface area contributed by atoms with Gasteiger partial charge in [0.1, 0.15) is 18.2 Å². The maximum Gasteiger partial charge on any atom is 0.277 e. The molecule has 2 aromatic rings. The van der Waals surface area contributed by atoms with Crippen molar-refractivity contribution in [1.29, 1.82) is 0 Å². The van der Waals surface area contributed by atoms with E-state index in [2.05, 4.69) is 15.9 Å². The van der Waals surface area contributed by atoms with E-state index >= 15 is 0 Å². The van der Waals surface area contributed by atoms with E-state index < -0.39 is 10.7 Å². The molecule has 2 aromatic carbocycles. The van der Waals surface area contributed by atoms with E-state index in [0.29, 0.717) is 5.75 Å². The predicted octanol–water partition coefficient (Wildman–Crippen LogP) is 4.73. The largest absolute Gasteiger partial charge is 0.489 e. The van der Waals surface area contributed by atoms with Crippen molar-refractivity contribution in [3.63, 3.8) is 0 Å². The van der Waals surface area contributed by atoms with E-state index in [1.807, 2.05) is 0 Å². The maximum absolute atomic E-state index is 13.1. The second-order valence-corrected chi connectivity index (χ2v) is 5.12. The Bertz CT molecular complexity index is 666. The second kappa shape index (κ2) is 6.19. The summed E-state index contributed by atoms with van der Waals surface area (Å²) in [6.45, 7) is -0.0753. The number of nitrogens with zero attached hydrogens (tertiary/aromatic N) is 1. The van der Waals surface area contributed by atoms with Crippen LogP contribution in [-0.4, -0.2) is 4.92 Å². The number of nitro groups is 1. The number of hydrogen-bond acceptors (Lipinski definition) is 3. The van der Waals surface area contributed by atoms with Crippen LogP contribution < -0.4 is 4.74 Å². The van der Waals surface area contributed by atoms with Gasteiger partial charge >= 0.3 is 0 Å². The van der Waals surface area contributed by atoms with Crippen LogP contribution in [0.1, 0.15) is 5.56 Å². The molecule has 0 aromatic heterocycles. The van der Waals surface area contributed by atoms with Crippen LogP contribution in [0.25, 0.3) is 0 Å². The van der Waals surface area contributed by atoms with Crippen LogP contribution >= 0.6 is 27.5 Å². The highest BCUT2D eigenvalue weighted by Gasteiger charge is 2.17. The first-order chi connectivity index (χ1) is 9.49.